The topological polar surface area (TPSA) is 78.4 Å². The van der Waals surface area contributed by atoms with Crippen LogP contribution in [-0.4, -0.2) is 12.0 Å². The Labute approximate surface area is 119 Å². The van der Waals surface area contributed by atoms with E-state index in [4.69, 9.17) is 10.5 Å². The van der Waals surface area contributed by atoms with Gasteiger partial charge in [0.25, 0.3) is 0 Å². The molecule has 1 aromatic rings. The highest BCUT2D eigenvalue weighted by atomic mass is 35.5. The third kappa shape index (κ3) is 5.04. The van der Waals surface area contributed by atoms with Gasteiger partial charge in [0, 0.05) is 12.1 Å². The zero-order chi connectivity index (χ0) is 13.5. The Balaban J connectivity index is 0.00000324. The molecule has 0 aliphatic heterocycles. The van der Waals surface area contributed by atoms with Crippen LogP contribution in [0.4, 0.5) is 5.69 Å². The van der Waals surface area contributed by atoms with Gasteiger partial charge in [0.1, 0.15) is 0 Å². The minimum absolute atomic E-state index is 0. The summed E-state index contributed by atoms with van der Waals surface area (Å²) in [5.74, 6) is 0.268. The first-order valence-corrected chi connectivity index (χ1v) is 6.18. The predicted octanol–water partition coefficient (Wildman–Crippen LogP) is 3.61. The smallest absolute Gasteiger partial charge is 0.311 e. The summed E-state index contributed by atoms with van der Waals surface area (Å²) in [4.78, 5) is 10.5. The highest BCUT2D eigenvalue weighted by Gasteiger charge is 2.17. The van der Waals surface area contributed by atoms with E-state index in [9.17, 15) is 10.1 Å². The number of nitro benzene ring substituents is 1. The molecule has 0 unspecified atom stereocenters. The molecule has 0 saturated heterocycles. The summed E-state index contributed by atoms with van der Waals surface area (Å²) < 4.78 is 4.96. The van der Waals surface area contributed by atoms with Crippen molar-refractivity contribution in [2.75, 3.05) is 7.11 Å². The summed E-state index contributed by atoms with van der Waals surface area (Å²) in [5.41, 5.74) is 6.80. The SMILES string of the molecule is CCCCC[C@@H](N)c1ccc(OC)c([N+](=O)[O-])c1.Cl. The van der Waals surface area contributed by atoms with Crippen molar-refractivity contribution in [3.63, 3.8) is 0 Å². The van der Waals surface area contributed by atoms with Gasteiger partial charge in [-0.25, -0.2) is 0 Å². The molecule has 108 valence electrons. The quantitative estimate of drug-likeness (QED) is 0.472. The molecule has 0 amide bonds. The average molecular weight is 289 g/mol. The Hall–Kier alpha value is -1.33. The third-order valence-electron chi connectivity index (χ3n) is 2.95. The Morgan fingerprint density at radius 1 is 1.42 bits per heavy atom. The molecule has 19 heavy (non-hydrogen) atoms. The molecule has 0 saturated carbocycles. The number of hydrogen-bond donors (Lipinski definition) is 1. The number of benzene rings is 1. The lowest BCUT2D eigenvalue weighted by atomic mass is 10.0. The van der Waals surface area contributed by atoms with Crippen LogP contribution in [0.2, 0.25) is 0 Å². The van der Waals surface area contributed by atoms with Crippen molar-refractivity contribution in [1.82, 2.24) is 0 Å². The standard InChI is InChI=1S/C13H20N2O3.ClH/c1-3-4-5-6-11(14)10-7-8-13(18-2)12(9-10)15(16)17;/h7-9,11H,3-6,14H2,1-2H3;1H/t11-;/m1./s1. The zero-order valence-electron chi connectivity index (χ0n) is 11.3. The fraction of sp³-hybridized carbons (Fsp3) is 0.538. The summed E-state index contributed by atoms with van der Waals surface area (Å²) in [6.07, 6.45) is 4.15. The highest BCUT2D eigenvalue weighted by Crippen LogP contribution is 2.30. The van der Waals surface area contributed by atoms with E-state index in [1.807, 2.05) is 0 Å². The molecule has 0 bridgehead atoms. The van der Waals surface area contributed by atoms with E-state index in [1.54, 1.807) is 12.1 Å². The summed E-state index contributed by atoms with van der Waals surface area (Å²) in [6.45, 7) is 2.13. The Morgan fingerprint density at radius 2 is 2.11 bits per heavy atom. The molecule has 0 fully saturated rings. The van der Waals surface area contributed by atoms with Gasteiger partial charge in [-0.3, -0.25) is 10.1 Å². The molecule has 1 rings (SSSR count). The monoisotopic (exact) mass is 288 g/mol. The molecule has 0 aliphatic carbocycles. The number of nitrogens with two attached hydrogens (primary N) is 1. The maximum absolute atomic E-state index is 10.9. The number of methoxy groups -OCH3 is 1. The van der Waals surface area contributed by atoms with Crippen molar-refractivity contribution in [3.8, 4) is 5.75 Å². The van der Waals surface area contributed by atoms with E-state index < -0.39 is 4.92 Å². The van der Waals surface area contributed by atoms with Crippen molar-refractivity contribution in [1.29, 1.82) is 0 Å². The van der Waals surface area contributed by atoms with E-state index in [0.717, 1.165) is 31.2 Å². The van der Waals surface area contributed by atoms with E-state index in [2.05, 4.69) is 6.92 Å². The second kappa shape index (κ2) is 8.72. The predicted molar refractivity (Wildman–Crippen MR) is 78.0 cm³/mol. The summed E-state index contributed by atoms with van der Waals surface area (Å²) in [6, 6.07) is 4.76. The third-order valence-corrected chi connectivity index (χ3v) is 2.95. The fourth-order valence-electron chi connectivity index (χ4n) is 1.86. The second-order valence-corrected chi connectivity index (χ2v) is 4.29. The van der Waals surface area contributed by atoms with E-state index in [1.165, 1.54) is 13.2 Å². The van der Waals surface area contributed by atoms with Crippen LogP contribution in [0.3, 0.4) is 0 Å². The lowest BCUT2D eigenvalue weighted by Crippen LogP contribution is -2.10. The Kier molecular flexibility index (Phi) is 8.11. The van der Waals surface area contributed by atoms with Gasteiger partial charge in [-0.15, -0.1) is 12.4 Å². The Morgan fingerprint density at radius 3 is 2.63 bits per heavy atom. The first-order chi connectivity index (χ1) is 8.60. The molecule has 0 aromatic heterocycles. The molecule has 5 nitrogen and oxygen atoms in total. The first kappa shape index (κ1) is 17.7. The van der Waals surface area contributed by atoms with Gasteiger partial charge in [0.05, 0.1) is 12.0 Å². The van der Waals surface area contributed by atoms with Crippen LogP contribution in [0, 0.1) is 10.1 Å². The molecule has 6 heteroatoms. The van der Waals surface area contributed by atoms with Gasteiger partial charge in [-0.2, -0.15) is 0 Å². The van der Waals surface area contributed by atoms with Gasteiger partial charge in [-0.05, 0) is 18.1 Å². The fourth-order valence-corrected chi connectivity index (χ4v) is 1.86. The minimum atomic E-state index is -0.443. The maximum Gasteiger partial charge on any atom is 0.311 e. The molecule has 0 aliphatic rings. The van der Waals surface area contributed by atoms with Gasteiger partial charge in [0.2, 0.25) is 0 Å². The molecule has 1 aromatic carbocycles. The average Bonchev–Trinajstić information content (AvgIpc) is 2.38. The summed E-state index contributed by atoms with van der Waals surface area (Å²) in [5, 5.41) is 10.9. The van der Waals surface area contributed by atoms with Crippen molar-refractivity contribution >= 4 is 18.1 Å². The molecule has 0 heterocycles. The van der Waals surface area contributed by atoms with E-state index in [0.29, 0.717) is 0 Å². The maximum atomic E-state index is 10.9. The van der Waals surface area contributed by atoms with E-state index >= 15 is 0 Å². The second-order valence-electron chi connectivity index (χ2n) is 4.29. The molecule has 0 radical (unpaired) electrons. The largest absolute Gasteiger partial charge is 0.490 e. The van der Waals surface area contributed by atoms with Crippen LogP contribution < -0.4 is 10.5 Å². The normalized spacial score (nSPS) is 11.5. The van der Waals surface area contributed by atoms with Crippen LogP contribution in [0.15, 0.2) is 18.2 Å². The number of unbranched alkanes of at least 4 members (excludes halogenated alkanes) is 2. The number of ether oxygens (including phenoxy) is 1. The molecule has 0 spiro atoms. The van der Waals surface area contributed by atoms with Crippen LogP contribution in [0.1, 0.15) is 44.2 Å². The number of halogens is 1. The number of rotatable bonds is 7. The van der Waals surface area contributed by atoms with Gasteiger partial charge < -0.3 is 10.5 Å². The van der Waals surface area contributed by atoms with Gasteiger partial charge in [-0.1, -0.05) is 32.3 Å². The number of nitro groups is 1. The zero-order valence-corrected chi connectivity index (χ0v) is 12.1. The first-order valence-electron chi connectivity index (χ1n) is 6.18. The molecular weight excluding hydrogens is 268 g/mol. The molecule has 2 N–H and O–H groups in total. The van der Waals surface area contributed by atoms with Crippen LogP contribution >= 0.6 is 12.4 Å². The lowest BCUT2D eigenvalue weighted by molar-refractivity contribution is -0.385. The molecule has 1 atom stereocenters. The number of nitrogens with zero attached hydrogens (tertiary/aromatic N) is 1. The van der Waals surface area contributed by atoms with Crippen molar-refractivity contribution in [2.45, 2.75) is 38.6 Å². The number of hydrogen-bond acceptors (Lipinski definition) is 4. The minimum Gasteiger partial charge on any atom is -0.490 e. The van der Waals surface area contributed by atoms with Crippen molar-refractivity contribution in [3.05, 3.63) is 33.9 Å². The van der Waals surface area contributed by atoms with Gasteiger partial charge in [0.15, 0.2) is 5.75 Å². The highest BCUT2D eigenvalue weighted by molar-refractivity contribution is 5.85. The lowest BCUT2D eigenvalue weighted by Gasteiger charge is -2.12. The van der Waals surface area contributed by atoms with Gasteiger partial charge >= 0.3 is 5.69 Å². The summed E-state index contributed by atoms with van der Waals surface area (Å²) in [7, 11) is 1.42. The molecular formula is C13H21ClN2O3. The summed E-state index contributed by atoms with van der Waals surface area (Å²) >= 11 is 0. The van der Waals surface area contributed by atoms with E-state index in [-0.39, 0.29) is 29.9 Å². The Bertz CT molecular complexity index is 413. The van der Waals surface area contributed by atoms with Crippen molar-refractivity contribution < 1.29 is 9.66 Å². The van der Waals surface area contributed by atoms with Crippen LogP contribution in [-0.2, 0) is 0 Å². The van der Waals surface area contributed by atoms with Crippen LogP contribution in [0.25, 0.3) is 0 Å². The van der Waals surface area contributed by atoms with Crippen LogP contribution in [0.5, 0.6) is 5.75 Å². The van der Waals surface area contributed by atoms with Crippen molar-refractivity contribution in [2.24, 2.45) is 5.73 Å².